The maximum absolute atomic E-state index is 2.44. The Kier molecular flexibility index (Phi) is 5.99. The number of hydrogen-bond acceptors (Lipinski definition) is 0. The van der Waals surface area contributed by atoms with Crippen molar-refractivity contribution in [1.29, 1.82) is 0 Å². The molecule has 0 spiro atoms. The van der Waals surface area contributed by atoms with Gasteiger partial charge in [-0.2, -0.15) is 0 Å². The molecule has 0 N–H and O–H groups in total. The molecule has 2 heteroatoms. The number of rotatable bonds is 5. The summed E-state index contributed by atoms with van der Waals surface area (Å²) in [6.07, 6.45) is 0. The molecule has 0 saturated carbocycles. The highest BCUT2D eigenvalue weighted by Crippen LogP contribution is 2.74. The third kappa shape index (κ3) is 3.60. The molecule has 0 aliphatic carbocycles. The highest BCUT2D eigenvalue weighted by molar-refractivity contribution is 7.76. The molecule has 5 unspecified atom stereocenters. The number of allylic oxidation sites excluding steroid dienone is 2. The van der Waals surface area contributed by atoms with E-state index in [1.807, 2.05) is 0 Å². The molecule has 4 aromatic carbocycles. The highest BCUT2D eigenvalue weighted by Gasteiger charge is 2.59. The fourth-order valence-corrected chi connectivity index (χ4v) is 14.3. The van der Waals surface area contributed by atoms with Gasteiger partial charge < -0.3 is 0 Å². The van der Waals surface area contributed by atoms with Crippen LogP contribution in [0.3, 0.4) is 0 Å². The van der Waals surface area contributed by atoms with Gasteiger partial charge in [0.15, 0.2) is 0 Å². The average Bonchev–Trinajstić information content (AvgIpc) is 3.37. The van der Waals surface area contributed by atoms with Crippen LogP contribution in [0.15, 0.2) is 132 Å². The van der Waals surface area contributed by atoms with Gasteiger partial charge in [0.05, 0.1) is 0 Å². The largest absolute Gasteiger partial charge is 0.0654 e. The zero-order chi connectivity index (χ0) is 23.1. The average molecular weight is 477 g/mol. The standard InChI is InChI=1S/C32H30P2/c1-23-24(2)31-32(33(26-17-9-4-10-18-26)27-19-11-5-12-20-27)29(25-15-7-3-8-16-25)30(23)34(31)28-21-13-6-14-22-28/h3-22,29-32H,1-2H3. The fourth-order valence-electron chi connectivity index (χ4n) is 6.25. The Morgan fingerprint density at radius 3 is 1.50 bits per heavy atom. The molecule has 0 radical (unpaired) electrons. The molecular weight excluding hydrogens is 446 g/mol. The Bertz CT molecular complexity index is 1240. The minimum Gasteiger partial charge on any atom is -0.0654 e. The first kappa shape index (κ1) is 22.0. The van der Waals surface area contributed by atoms with Gasteiger partial charge in [0.25, 0.3) is 0 Å². The van der Waals surface area contributed by atoms with Gasteiger partial charge in [-0.1, -0.05) is 140 Å². The number of fused-ring (bicyclic) bond motifs is 2. The third-order valence-electron chi connectivity index (χ3n) is 7.75. The molecule has 2 aliphatic heterocycles. The van der Waals surface area contributed by atoms with Gasteiger partial charge >= 0.3 is 0 Å². The molecule has 0 aromatic heterocycles. The quantitative estimate of drug-likeness (QED) is 0.211. The normalized spacial score (nSPS) is 25.8. The van der Waals surface area contributed by atoms with Crippen molar-refractivity contribution < 1.29 is 0 Å². The van der Waals surface area contributed by atoms with E-state index in [9.17, 15) is 0 Å². The second-order valence-corrected chi connectivity index (χ2v) is 14.3. The van der Waals surface area contributed by atoms with Gasteiger partial charge in [0, 0.05) is 22.9 Å². The van der Waals surface area contributed by atoms with E-state index in [4.69, 9.17) is 0 Å². The van der Waals surface area contributed by atoms with Gasteiger partial charge in [-0.05, 0) is 43.2 Å². The number of hydrogen-bond donors (Lipinski definition) is 0. The van der Waals surface area contributed by atoms with Crippen molar-refractivity contribution in [2.45, 2.75) is 36.7 Å². The molecule has 2 aliphatic rings. The predicted octanol–water partition coefficient (Wildman–Crippen LogP) is 7.18. The molecule has 0 nitrogen and oxygen atoms in total. The van der Waals surface area contributed by atoms with Gasteiger partial charge in [-0.15, -0.1) is 0 Å². The van der Waals surface area contributed by atoms with E-state index < -0.39 is 7.92 Å². The second-order valence-electron chi connectivity index (χ2n) is 9.47. The molecular formula is C32H30P2. The zero-order valence-corrected chi connectivity index (χ0v) is 21.5. The summed E-state index contributed by atoms with van der Waals surface area (Å²) in [7, 11) is -0.814. The van der Waals surface area contributed by atoms with Crippen LogP contribution in [-0.2, 0) is 0 Å². The summed E-state index contributed by atoms with van der Waals surface area (Å²) in [5.41, 5.74) is 6.68. The lowest BCUT2D eigenvalue weighted by Gasteiger charge is -2.38. The van der Waals surface area contributed by atoms with E-state index in [0.29, 0.717) is 22.9 Å². The summed E-state index contributed by atoms with van der Waals surface area (Å²) in [5, 5.41) is 4.59. The van der Waals surface area contributed by atoms with Crippen molar-refractivity contribution in [3.63, 3.8) is 0 Å². The van der Waals surface area contributed by atoms with Crippen LogP contribution < -0.4 is 15.9 Å². The highest BCUT2D eigenvalue weighted by atomic mass is 31.1. The summed E-state index contributed by atoms with van der Waals surface area (Å²) in [6.45, 7) is 4.87. The molecule has 4 aromatic rings. The summed E-state index contributed by atoms with van der Waals surface area (Å²) >= 11 is 0. The van der Waals surface area contributed by atoms with Crippen LogP contribution in [0.1, 0.15) is 25.3 Å². The summed E-state index contributed by atoms with van der Waals surface area (Å²) in [6, 6.07) is 45.6. The van der Waals surface area contributed by atoms with Crippen molar-refractivity contribution in [1.82, 2.24) is 0 Å². The van der Waals surface area contributed by atoms with Crippen molar-refractivity contribution in [2.75, 3.05) is 0 Å². The van der Waals surface area contributed by atoms with Crippen LogP contribution in [0, 0.1) is 0 Å². The first-order chi connectivity index (χ1) is 16.8. The van der Waals surface area contributed by atoms with E-state index in [2.05, 4.69) is 135 Å². The maximum Gasteiger partial charge on any atom is 0.0126 e. The Morgan fingerprint density at radius 1 is 0.529 bits per heavy atom. The van der Waals surface area contributed by atoms with Crippen LogP contribution in [0.2, 0.25) is 0 Å². The smallest absolute Gasteiger partial charge is 0.0126 e. The second kappa shape index (κ2) is 9.26. The van der Waals surface area contributed by atoms with Gasteiger partial charge in [-0.3, -0.25) is 0 Å². The van der Waals surface area contributed by atoms with Gasteiger partial charge in [0.1, 0.15) is 0 Å². The Balaban J connectivity index is 1.59. The van der Waals surface area contributed by atoms with Crippen LogP contribution in [-0.4, -0.2) is 17.0 Å². The molecule has 6 rings (SSSR count). The Morgan fingerprint density at radius 2 is 0.971 bits per heavy atom. The van der Waals surface area contributed by atoms with Crippen LogP contribution in [0.25, 0.3) is 0 Å². The number of benzene rings is 4. The topological polar surface area (TPSA) is 0 Å². The van der Waals surface area contributed by atoms with Crippen LogP contribution in [0.5, 0.6) is 0 Å². The summed E-state index contributed by atoms with van der Waals surface area (Å²) < 4.78 is 0. The molecule has 34 heavy (non-hydrogen) atoms. The lowest BCUT2D eigenvalue weighted by molar-refractivity contribution is 0.649. The molecule has 1 fully saturated rings. The first-order valence-corrected chi connectivity index (χ1v) is 15.1. The molecule has 5 atom stereocenters. The minimum atomic E-state index is -0.510. The minimum absolute atomic E-state index is 0.304. The molecule has 2 bridgehead atoms. The predicted molar refractivity (Wildman–Crippen MR) is 151 cm³/mol. The molecule has 168 valence electrons. The summed E-state index contributed by atoms with van der Waals surface area (Å²) in [4.78, 5) is 0. The van der Waals surface area contributed by atoms with E-state index in [0.717, 1.165) is 0 Å². The Labute approximate surface area is 206 Å². The third-order valence-corrected chi connectivity index (χ3v) is 14.4. The summed E-state index contributed by atoms with van der Waals surface area (Å²) in [5.74, 6) is 0.549. The van der Waals surface area contributed by atoms with Crippen molar-refractivity contribution in [3.8, 4) is 0 Å². The zero-order valence-electron chi connectivity index (χ0n) is 19.8. The molecule has 0 amide bonds. The SMILES string of the molecule is CC1=C(C)C2C(P(c3ccccc3)c3ccccc3)C(c3ccccc3)C1P2c1ccccc1. The fraction of sp³-hybridized carbons (Fsp3) is 0.188. The van der Waals surface area contributed by atoms with Crippen molar-refractivity contribution in [3.05, 3.63) is 138 Å². The molecule has 1 saturated heterocycles. The maximum atomic E-state index is 2.44. The Hall–Kier alpha value is -2.52. The van der Waals surface area contributed by atoms with Gasteiger partial charge in [0.2, 0.25) is 0 Å². The van der Waals surface area contributed by atoms with Crippen molar-refractivity contribution in [2.24, 2.45) is 0 Å². The monoisotopic (exact) mass is 476 g/mol. The van der Waals surface area contributed by atoms with Crippen molar-refractivity contribution >= 4 is 31.8 Å². The van der Waals surface area contributed by atoms with E-state index in [1.54, 1.807) is 16.5 Å². The van der Waals surface area contributed by atoms with E-state index >= 15 is 0 Å². The molecule has 2 heterocycles. The van der Waals surface area contributed by atoms with E-state index in [1.165, 1.54) is 16.2 Å². The lowest BCUT2D eigenvalue weighted by Crippen LogP contribution is -2.35. The van der Waals surface area contributed by atoms with E-state index in [-0.39, 0.29) is 7.92 Å². The van der Waals surface area contributed by atoms with Crippen LogP contribution >= 0.6 is 15.8 Å². The lowest BCUT2D eigenvalue weighted by atomic mass is 9.80. The van der Waals surface area contributed by atoms with Crippen LogP contribution in [0.4, 0.5) is 0 Å². The first-order valence-electron chi connectivity index (χ1n) is 12.2. The van der Waals surface area contributed by atoms with Gasteiger partial charge in [-0.25, -0.2) is 0 Å².